The second kappa shape index (κ2) is 3.64. The van der Waals surface area contributed by atoms with Crippen molar-refractivity contribution in [1.29, 1.82) is 5.41 Å². The van der Waals surface area contributed by atoms with E-state index in [0.717, 1.165) is 17.3 Å². The van der Waals surface area contributed by atoms with Gasteiger partial charge in [-0.3, -0.25) is 10.1 Å². The highest BCUT2D eigenvalue weighted by molar-refractivity contribution is 5.80. The number of amidine groups is 1. The average molecular weight is 207 g/mol. The van der Waals surface area contributed by atoms with Gasteiger partial charge in [0, 0.05) is 0 Å². The van der Waals surface area contributed by atoms with E-state index in [4.69, 9.17) is 11.1 Å². The summed E-state index contributed by atoms with van der Waals surface area (Å²) in [5.41, 5.74) is 4.84. The van der Waals surface area contributed by atoms with Crippen LogP contribution in [0.4, 0.5) is 13.2 Å². The summed E-state index contributed by atoms with van der Waals surface area (Å²) in [6.45, 7) is -0.515. The van der Waals surface area contributed by atoms with E-state index >= 15 is 0 Å². The zero-order chi connectivity index (χ0) is 10.8. The molecule has 0 bridgehead atoms. The predicted octanol–water partition coefficient (Wildman–Crippen LogP) is 0.393. The van der Waals surface area contributed by atoms with Crippen LogP contribution in [-0.4, -0.2) is 26.8 Å². The summed E-state index contributed by atoms with van der Waals surface area (Å²) >= 11 is 0. The fourth-order valence-corrected chi connectivity index (χ4v) is 0.892. The zero-order valence-electron chi connectivity index (χ0n) is 6.99. The minimum Gasteiger partial charge on any atom is -0.387 e. The van der Waals surface area contributed by atoms with E-state index in [1.54, 1.807) is 0 Å². The maximum Gasteiger partial charge on any atom is 0.400 e. The number of rotatable bonds is 3. The highest BCUT2D eigenvalue weighted by atomic mass is 19.4. The van der Waals surface area contributed by atoms with Gasteiger partial charge in [0.2, 0.25) is 0 Å². The quantitative estimate of drug-likeness (QED) is 0.555. The van der Waals surface area contributed by atoms with E-state index < -0.39 is 24.5 Å². The average Bonchev–Trinajstić information content (AvgIpc) is 2.48. The van der Waals surface area contributed by atoms with Crippen molar-refractivity contribution in [3.8, 4) is 0 Å². The van der Waals surface area contributed by atoms with Crippen molar-refractivity contribution in [2.45, 2.75) is 12.7 Å². The van der Waals surface area contributed by atoms with E-state index in [1.807, 2.05) is 0 Å². The third-order valence-electron chi connectivity index (χ3n) is 1.61. The molecule has 0 fully saturated rings. The summed E-state index contributed by atoms with van der Waals surface area (Å²) in [4.78, 5) is 3.49. The summed E-state index contributed by atoms with van der Waals surface area (Å²) in [5.74, 6) is -2.93. The van der Waals surface area contributed by atoms with Gasteiger partial charge in [-0.25, -0.2) is 4.98 Å². The van der Waals surface area contributed by atoms with Crippen LogP contribution in [0, 0.1) is 11.3 Å². The van der Waals surface area contributed by atoms with Crippen molar-refractivity contribution in [1.82, 2.24) is 14.8 Å². The van der Waals surface area contributed by atoms with Gasteiger partial charge >= 0.3 is 6.18 Å². The Morgan fingerprint density at radius 1 is 1.57 bits per heavy atom. The first-order valence-corrected chi connectivity index (χ1v) is 3.64. The van der Waals surface area contributed by atoms with E-state index in [1.165, 1.54) is 0 Å². The number of nitrogens with two attached hydrogens (primary N) is 1. The van der Waals surface area contributed by atoms with Crippen molar-refractivity contribution >= 4 is 5.84 Å². The van der Waals surface area contributed by atoms with Crippen molar-refractivity contribution in [3.05, 3.63) is 12.7 Å². The number of hydrogen-bond acceptors (Lipinski definition) is 3. The van der Waals surface area contributed by atoms with Crippen LogP contribution in [0.15, 0.2) is 12.7 Å². The van der Waals surface area contributed by atoms with E-state index in [9.17, 15) is 13.2 Å². The molecule has 0 saturated heterocycles. The van der Waals surface area contributed by atoms with Crippen LogP contribution in [0.2, 0.25) is 0 Å². The summed E-state index contributed by atoms with van der Waals surface area (Å²) in [6.07, 6.45) is -2.27. The van der Waals surface area contributed by atoms with Gasteiger partial charge in [0.15, 0.2) is 0 Å². The van der Waals surface area contributed by atoms with E-state index in [2.05, 4.69) is 10.1 Å². The second-order valence-corrected chi connectivity index (χ2v) is 2.67. The van der Waals surface area contributed by atoms with Gasteiger partial charge in [-0.2, -0.15) is 18.3 Å². The number of nitrogens with one attached hydrogen (secondary N) is 1. The maximum absolute atomic E-state index is 12.3. The fourth-order valence-electron chi connectivity index (χ4n) is 0.892. The zero-order valence-corrected chi connectivity index (χ0v) is 6.99. The maximum atomic E-state index is 12.3. The lowest BCUT2D eigenvalue weighted by Gasteiger charge is -2.18. The minimum absolute atomic E-state index is 0.515. The van der Waals surface area contributed by atoms with Crippen molar-refractivity contribution in [3.63, 3.8) is 0 Å². The van der Waals surface area contributed by atoms with Crippen LogP contribution in [0.1, 0.15) is 0 Å². The lowest BCUT2D eigenvalue weighted by molar-refractivity contribution is -0.159. The Labute approximate surface area is 77.2 Å². The molecule has 1 unspecified atom stereocenters. The van der Waals surface area contributed by atoms with Crippen LogP contribution >= 0.6 is 0 Å². The van der Waals surface area contributed by atoms with Gasteiger partial charge < -0.3 is 5.73 Å². The number of hydrogen-bond donors (Lipinski definition) is 2. The van der Waals surface area contributed by atoms with Gasteiger partial charge in [0.1, 0.15) is 24.4 Å². The smallest absolute Gasteiger partial charge is 0.387 e. The molecular formula is C6H8F3N5. The second-order valence-electron chi connectivity index (χ2n) is 2.67. The minimum atomic E-state index is -4.53. The highest BCUT2D eigenvalue weighted by Gasteiger charge is 2.42. The summed E-state index contributed by atoms with van der Waals surface area (Å²) in [5, 5.41) is 10.3. The third-order valence-corrected chi connectivity index (χ3v) is 1.61. The van der Waals surface area contributed by atoms with Gasteiger partial charge in [-0.05, 0) is 0 Å². The molecule has 1 aromatic heterocycles. The van der Waals surface area contributed by atoms with E-state index in [-0.39, 0.29) is 0 Å². The van der Waals surface area contributed by atoms with Crippen molar-refractivity contribution in [2.75, 3.05) is 0 Å². The molecule has 5 nitrogen and oxygen atoms in total. The molecule has 0 aliphatic rings. The first-order valence-electron chi connectivity index (χ1n) is 3.64. The first-order chi connectivity index (χ1) is 6.41. The van der Waals surface area contributed by atoms with Gasteiger partial charge in [-0.1, -0.05) is 0 Å². The van der Waals surface area contributed by atoms with E-state index in [0.29, 0.717) is 0 Å². The van der Waals surface area contributed by atoms with Crippen LogP contribution in [0.5, 0.6) is 0 Å². The van der Waals surface area contributed by atoms with Crippen LogP contribution in [0.25, 0.3) is 0 Å². The standard InChI is InChI=1S/C6H8F3N5/c7-6(8,9)4(5(10)11)1-14-3-12-2-13-14/h2-4H,1H2,(H3,10,11). The Morgan fingerprint density at radius 2 is 2.21 bits per heavy atom. The fraction of sp³-hybridized carbons (Fsp3) is 0.500. The summed E-state index contributed by atoms with van der Waals surface area (Å²) < 4.78 is 37.8. The van der Waals surface area contributed by atoms with Crippen molar-refractivity contribution < 1.29 is 13.2 Å². The Hall–Kier alpha value is -1.60. The lowest BCUT2D eigenvalue weighted by atomic mass is 10.1. The molecule has 0 radical (unpaired) electrons. The molecule has 1 atom stereocenters. The van der Waals surface area contributed by atoms with Crippen LogP contribution < -0.4 is 5.73 Å². The molecule has 0 aliphatic carbocycles. The SMILES string of the molecule is N=C(N)C(Cn1cncn1)C(F)(F)F. The molecule has 1 heterocycles. The number of alkyl halides is 3. The molecule has 0 aromatic carbocycles. The van der Waals surface area contributed by atoms with Gasteiger partial charge in [-0.15, -0.1) is 0 Å². The molecule has 0 saturated carbocycles. The Kier molecular flexibility index (Phi) is 2.73. The molecule has 14 heavy (non-hydrogen) atoms. The Balaban J connectivity index is 2.76. The highest BCUT2D eigenvalue weighted by Crippen LogP contribution is 2.27. The number of nitrogens with zero attached hydrogens (tertiary/aromatic N) is 3. The lowest BCUT2D eigenvalue weighted by Crippen LogP contribution is -2.38. The Bertz CT molecular complexity index is 304. The normalized spacial score (nSPS) is 13.9. The molecule has 1 aromatic rings. The molecule has 8 heteroatoms. The van der Waals surface area contributed by atoms with Crippen molar-refractivity contribution in [2.24, 2.45) is 11.7 Å². The first kappa shape index (κ1) is 10.5. The largest absolute Gasteiger partial charge is 0.400 e. The molecular weight excluding hydrogens is 199 g/mol. The molecule has 1 rings (SSSR count). The molecule has 3 N–H and O–H groups in total. The number of halogens is 3. The van der Waals surface area contributed by atoms with Gasteiger partial charge in [0.25, 0.3) is 0 Å². The topological polar surface area (TPSA) is 80.6 Å². The molecule has 78 valence electrons. The summed E-state index contributed by atoms with van der Waals surface area (Å²) in [7, 11) is 0. The molecule has 0 spiro atoms. The van der Waals surface area contributed by atoms with Crippen LogP contribution in [-0.2, 0) is 6.54 Å². The van der Waals surface area contributed by atoms with Gasteiger partial charge in [0.05, 0.1) is 6.54 Å². The van der Waals surface area contributed by atoms with Crippen LogP contribution in [0.3, 0.4) is 0 Å². The predicted molar refractivity (Wildman–Crippen MR) is 41.5 cm³/mol. The Morgan fingerprint density at radius 3 is 2.57 bits per heavy atom. The summed E-state index contributed by atoms with van der Waals surface area (Å²) in [6, 6.07) is 0. The number of aromatic nitrogens is 3. The molecule has 0 amide bonds. The molecule has 0 aliphatic heterocycles. The monoisotopic (exact) mass is 207 g/mol. The third kappa shape index (κ3) is 2.44.